The molecular formula is C10H11N3O2S. The van der Waals surface area contributed by atoms with Gasteiger partial charge in [-0.2, -0.15) is 0 Å². The van der Waals surface area contributed by atoms with Gasteiger partial charge in [-0.25, -0.2) is 4.98 Å². The lowest BCUT2D eigenvalue weighted by Gasteiger charge is -2.01. The molecule has 6 heteroatoms. The Balaban J connectivity index is 2.01. The SMILES string of the molecule is Cc1nc(N)sc1C(=O)NCc1ccoc1. The molecule has 0 unspecified atom stereocenters. The number of amides is 1. The number of carbonyl (C=O) groups is 1. The number of nitrogens with zero attached hydrogens (tertiary/aromatic N) is 1. The van der Waals surface area contributed by atoms with E-state index in [1.165, 1.54) is 11.3 Å². The van der Waals surface area contributed by atoms with Crippen LogP contribution in [-0.4, -0.2) is 10.9 Å². The van der Waals surface area contributed by atoms with Gasteiger partial charge in [-0.05, 0) is 13.0 Å². The van der Waals surface area contributed by atoms with Gasteiger partial charge in [-0.3, -0.25) is 4.79 Å². The average molecular weight is 237 g/mol. The standard InChI is InChI=1S/C10H11N3O2S/c1-6-8(16-10(11)13-6)9(14)12-4-7-2-3-15-5-7/h2-3,5H,4H2,1H3,(H2,11,13)(H,12,14). The predicted molar refractivity (Wildman–Crippen MR) is 61.1 cm³/mol. The fourth-order valence-corrected chi connectivity index (χ4v) is 2.03. The molecule has 2 aromatic rings. The van der Waals surface area contributed by atoms with Gasteiger partial charge in [0.15, 0.2) is 5.13 Å². The number of aryl methyl sites for hydroxylation is 1. The number of anilines is 1. The normalized spacial score (nSPS) is 10.3. The smallest absolute Gasteiger partial charge is 0.263 e. The third kappa shape index (κ3) is 2.22. The third-order valence-corrected chi connectivity index (χ3v) is 3.04. The van der Waals surface area contributed by atoms with Crippen LogP contribution in [0.1, 0.15) is 20.9 Å². The van der Waals surface area contributed by atoms with E-state index in [0.717, 1.165) is 5.56 Å². The zero-order chi connectivity index (χ0) is 11.5. The van der Waals surface area contributed by atoms with Crippen molar-refractivity contribution in [2.24, 2.45) is 0 Å². The molecule has 0 saturated heterocycles. The summed E-state index contributed by atoms with van der Waals surface area (Å²) in [5.41, 5.74) is 7.10. The van der Waals surface area contributed by atoms with Crippen LogP contribution in [0.4, 0.5) is 5.13 Å². The molecule has 2 heterocycles. The molecule has 0 aliphatic carbocycles. The van der Waals surface area contributed by atoms with Crippen LogP contribution in [0.2, 0.25) is 0 Å². The second-order valence-corrected chi connectivity index (χ2v) is 4.31. The number of rotatable bonds is 3. The van der Waals surface area contributed by atoms with Gasteiger partial charge in [0.1, 0.15) is 4.88 Å². The number of furan rings is 1. The number of nitrogens with two attached hydrogens (primary N) is 1. The van der Waals surface area contributed by atoms with Crippen molar-refractivity contribution in [1.29, 1.82) is 0 Å². The van der Waals surface area contributed by atoms with Crippen molar-refractivity contribution in [3.63, 3.8) is 0 Å². The van der Waals surface area contributed by atoms with Crippen LogP contribution < -0.4 is 11.1 Å². The molecule has 2 rings (SSSR count). The summed E-state index contributed by atoms with van der Waals surface area (Å²) < 4.78 is 4.90. The van der Waals surface area contributed by atoms with E-state index in [0.29, 0.717) is 22.2 Å². The first-order valence-electron chi connectivity index (χ1n) is 4.69. The van der Waals surface area contributed by atoms with Gasteiger partial charge >= 0.3 is 0 Å². The molecule has 0 aromatic carbocycles. The van der Waals surface area contributed by atoms with Gasteiger partial charge < -0.3 is 15.5 Å². The van der Waals surface area contributed by atoms with Crippen molar-refractivity contribution in [3.8, 4) is 0 Å². The van der Waals surface area contributed by atoms with Gasteiger partial charge in [0, 0.05) is 12.1 Å². The topological polar surface area (TPSA) is 81.1 Å². The maximum absolute atomic E-state index is 11.7. The van der Waals surface area contributed by atoms with Crippen molar-refractivity contribution in [1.82, 2.24) is 10.3 Å². The summed E-state index contributed by atoms with van der Waals surface area (Å²) in [6.07, 6.45) is 3.16. The average Bonchev–Trinajstić information content (AvgIpc) is 2.84. The van der Waals surface area contributed by atoms with E-state index in [-0.39, 0.29) is 5.91 Å². The lowest BCUT2D eigenvalue weighted by Crippen LogP contribution is -2.22. The Bertz CT molecular complexity index is 490. The van der Waals surface area contributed by atoms with Gasteiger partial charge in [0.05, 0.1) is 18.2 Å². The number of nitrogen functional groups attached to an aromatic ring is 1. The Labute approximate surface area is 96.3 Å². The summed E-state index contributed by atoms with van der Waals surface area (Å²) in [5, 5.41) is 3.18. The van der Waals surface area contributed by atoms with Crippen molar-refractivity contribution in [2.75, 3.05) is 5.73 Å². The second kappa shape index (κ2) is 4.36. The minimum Gasteiger partial charge on any atom is -0.472 e. The van der Waals surface area contributed by atoms with Crippen LogP contribution in [0.5, 0.6) is 0 Å². The minimum absolute atomic E-state index is 0.159. The Morgan fingerprint density at radius 3 is 3.06 bits per heavy atom. The molecule has 5 nitrogen and oxygen atoms in total. The van der Waals surface area contributed by atoms with E-state index in [1.54, 1.807) is 25.5 Å². The molecule has 3 N–H and O–H groups in total. The fourth-order valence-electron chi connectivity index (χ4n) is 1.28. The first-order valence-corrected chi connectivity index (χ1v) is 5.50. The summed E-state index contributed by atoms with van der Waals surface area (Å²) in [5.74, 6) is -0.159. The summed E-state index contributed by atoms with van der Waals surface area (Å²) in [6.45, 7) is 2.20. The van der Waals surface area contributed by atoms with Crippen molar-refractivity contribution >= 4 is 22.4 Å². The van der Waals surface area contributed by atoms with Gasteiger partial charge in [0.2, 0.25) is 0 Å². The maximum Gasteiger partial charge on any atom is 0.263 e. The Kier molecular flexibility index (Phi) is 2.91. The molecule has 1 amide bonds. The van der Waals surface area contributed by atoms with Crippen LogP contribution in [0, 0.1) is 6.92 Å². The maximum atomic E-state index is 11.7. The van der Waals surface area contributed by atoms with E-state index in [1.807, 2.05) is 0 Å². The molecule has 0 bridgehead atoms. The van der Waals surface area contributed by atoms with Crippen molar-refractivity contribution in [2.45, 2.75) is 13.5 Å². The van der Waals surface area contributed by atoms with Gasteiger partial charge in [-0.1, -0.05) is 11.3 Å². The summed E-state index contributed by atoms with van der Waals surface area (Å²) in [6, 6.07) is 1.80. The molecule has 84 valence electrons. The first kappa shape index (κ1) is 10.7. The van der Waals surface area contributed by atoms with Gasteiger partial charge in [-0.15, -0.1) is 0 Å². The molecular weight excluding hydrogens is 226 g/mol. The summed E-state index contributed by atoms with van der Waals surface area (Å²) in [4.78, 5) is 16.3. The monoisotopic (exact) mass is 237 g/mol. The molecule has 0 atom stereocenters. The molecule has 0 spiro atoms. The quantitative estimate of drug-likeness (QED) is 0.848. The van der Waals surface area contributed by atoms with Crippen LogP contribution in [0.25, 0.3) is 0 Å². The highest BCUT2D eigenvalue weighted by atomic mass is 32.1. The summed E-state index contributed by atoms with van der Waals surface area (Å²) in [7, 11) is 0. The van der Waals surface area contributed by atoms with E-state index in [9.17, 15) is 4.79 Å². The van der Waals surface area contributed by atoms with Gasteiger partial charge in [0.25, 0.3) is 5.91 Å². The Morgan fingerprint density at radius 1 is 1.69 bits per heavy atom. The number of hydrogen-bond acceptors (Lipinski definition) is 5. The lowest BCUT2D eigenvalue weighted by molar-refractivity contribution is 0.0954. The van der Waals surface area contributed by atoms with E-state index in [4.69, 9.17) is 10.2 Å². The highest BCUT2D eigenvalue weighted by Crippen LogP contribution is 2.19. The van der Waals surface area contributed by atoms with Crippen LogP contribution in [0.3, 0.4) is 0 Å². The van der Waals surface area contributed by atoms with Crippen LogP contribution >= 0.6 is 11.3 Å². The number of hydrogen-bond donors (Lipinski definition) is 2. The molecule has 0 radical (unpaired) electrons. The van der Waals surface area contributed by atoms with E-state index < -0.39 is 0 Å². The molecule has 16 heavy (non-hydrogen) atoms. The lowest BCUT2D eigenvalue weighted by atomic mass is 10.3. The molecule has 0 aliphatic heterocycles. The first-order chi connectivity index (χ1) is 7.66. The van der Waals surface area contributed by atoms with Crippen molar-refractivity contribution < 1.29 is 9.21 Å². The predicted octanol–water partition coefficient (Wildman–Crippen LogP) is 1.56. The zero-order valence-corrected chi connectivity index (χ0v) is 9.50. The Morgan fingerprint density at radius 2 is 2.50 bits per heavy atom. The second-order valence-electron chi connectivity index (χ2n) is 3.28. The highest BCUT2D eigenvalue weighted by Gasteiger charge is 2.13. The van der Waals surface area contributed by atoms with Crippen LogP contribution in [-0.2, 0) is 6.54 Å². The largest absolute Gasteiger partial charge is 0.472 e. The molecule has 0 aliphatic rings. The third-order valence-electron chi connectivity index (χ3n) is 2.05. The van der Waals surface area contributed by atoms with Crippen molar-refractivity contribution in [3.05, 3.63) is 34.7 Å². The Hall–Kier alpha value is -1.82. The number of thiazole rings is 1. The van der Waals surface area contributed by atoms with E-state index in [2.05, 4.69) is 10.3 Å². The van der Waals surface area contributed by atoms with E-state index >= 15 is 0 Å². The van der Waals surface area contributed by atoms with Crippen LogP contribution in [0.15, 0.2) is 23.0 Å². The number of carbonyl (C=O) groups excluding carboxylic acids is 1. The molecule has 0 fully saturated rings. The number of aromatic nitrogens is 1. The minimum atomic E-state index is -0.159. The zero-order valence-electron chi connectivity index (χ0n) is 8.69. The fraction of sp³-hybridized carbons (Fsp3) is 0.200. The highest BCUT2D eigenvalue weighted by molar-refractivity contribution is 7.17. The molecule has 0 saturated carbocycles. The summed E-state index contributed by atoms with van der Waals surface area (Å²) >= 11 is 1.19. The number of nitrogens with one attached hydrogen (secondary N) is 1. The molecule has 2 aromatic heterocycles.